The summed E-state index contributed by atoms with van der Waals surface area (Å²) < 4.78 is 17.7. The topological polar surface area (TPSA) is 99.1 Å². The number of ether oxygens (including phenoxy) is 3. The highest BCUT2D eigenvalue weighted by Gasteiger charge is 2.70. The van der Waals surface area contributed by atoms with Crippen LogP contribution in [0.15, 0.2) is 66.3 Å². The van der Waals surface area contributed by atoms with E-state index in [1.54, 1.807) is 24.3 Å². The molecule has 2 saturated carbocycles. The number of carbonyl (C=O) groups is 3. The van der Waals surface area contributed by atoms with Crippen molar-refractivity contribution in [2.75, 3.05) is 0 Å². The number of aliphatic hydroxyl groups excluding tert-OH is 1. The molecule has 0 aliphatic heterocycles. The van der Waals surface area contributed by atoms with Crippen molar-refractivity contribution in [2.45, 2.75) is 84.7 Å². The van der Waals surface area contributed by atoms with E-state index in [0.717, 1.165) is 5.57 Å². The number of carbonyl (C=O) groups excluding carboxylic acids is 3. The van der Waals surface area contributed by atoms with Crippen LogP contribution in [-0.2, 0) is 23.8 Å². The molecule has 7 nitrogen and oxygen atoms in total. The highest BCUT2D eigenvalue weighted by molar-refractivity contribution is 5.89. The molecule has 4 rings (SSSR count). The van der Waals surface area contributed by atoms with Gasteiger partial charge in [0.15, 0.2) is 0 Å². The average molecular weight is 537 g/mol. The van der Waals surface area contributed by atoms with Gasteiger partial charge in [0.2, 0.25) is 0 Å². The SMILES string of the molecule is C=C/C(C)=C/C[C@]1(C)[C@H]2C[C@H](OC(=O)c3ccccc3)C=C3[C@H](OC(C)=O)C[C@@H](OC(C)=O)[C@@]32[C@H](O)C[C@@H]1C. The molecule has 0 heterocycles. The molecule has 0 radical (unpaired) electrons. The molecule has 1 aromatic rings. The predicted octanol–water partition coefficient (Wildman–Crippen LogP) is 5.34. The first kappa shape index (κ1) is 28.8. The van der Waals surface area contributed by atoms with Crippen molar-refractivity contribution >= 4 is 17.9 Å². The third kappa shape index (κ3) is 5.21. The van der Waals surface area contributed by atoms with Gasteiger partial charge < -0.3 is 19.3 Å². The van der Waals surface area contributed by atoms with Gasteiger partial charge in [-0.3, -0.25) is 9.59 Å². The molecule has 1 aromatic carbocycles. The zero-order valence-corrected chi connectivity index (χ0v) is 23.5. The minimum Gasteiger partial charge on any atom is -0.461 e. The van der Waals surface area contributed by atoms with Gasteiger partial charge >= 0.3 is 17.9 Å². The first-order chi connectivity index (χ1) is 18.4. The van der Waals surface area contributed by atoms with Gasteiger partial charge in [-0.15, -0.1) is 0 Å². The molecule has 8 atom stereocenters. The Labute approximate surface area is 230 Å². The zero-order valence-electron chi connectivity index (χ0n) is 23.5. The number of allylic oxidation sites excluding steroid dienone is 3. The Bertz CT molecular complexity index is 1180. The fraction of sp³-hybridized carbons (Fsp3) is 0.531. The van der Waals surface area contributed by atoms with Crippen LogP contribution in [0.4, 0.5) is 0 Å². The summed E-state index contributed by atoms with van der Waals surface area (Å²) in [5.74, 6) is -1.50. The van der Waals surface area contributed by atoms with E-state index in [1.165, 1.54) is 13.8 Å². The lowest BCUT2D eigenvalue weighted by Crippen LogP contribution is -2.63. The number of esters is 3. The summed E-state index contributed by atoms with van der Waals surface area (Å²) in [6, 6.07) is 8.80. The number of hydrogen-bond acceptors (Lipinski definition) is 7. The summed E-state index contributed by atoms with van der Waals surface area (Å²) in [5, 5.41) is 11.9. The Kier molecular flexibility index (Phi) is 8.22. The molecule has 0 saturated heterocycles. The fourth-order valence-electron chi connectivity index (χ4n) is 7.28. The third-order valence-electron chi connectivity index (χ3n) is 9.34. The molecule has 1 N–H and O–H groups in total. The maximum absolute atomic E-state index is 13.1. The van der Waals surface area contributed by atoms with E-state index in [2.05, 4.69) is 26.5 Å². The van der Waals surface area contributed by atoms with Crippen LogP contribution in [0.2, 0.25) is 0 Å². The minimum atomic E-state index is -0.974. The van der Waals surface area contributed by atoms with E-state index in [1.807, 2.05) is 25.1 Å². The first-order valence-corrected chi connectivity index (χ1v) is 13.7. The van der Waals surface area contributed by atoms with Crippen LogP contribution in [0.1, 0.15) is 70.7 Å². The summed E-state index contributed by atoms with van der Waals surface area (Å²) in [6.45, 7) is 12.9. The Balaban J connectivity index is 1.87. The molecule has 39 heavy (non-hydrogen) atoms. The van der Waals surface area contributed by atoms with Crippen LogP contribution < -0.4 is 0 Å². The standard InChI is InChI=1S/C32H40O7/c1-7-19(2)13-14-31(6)20(3)15-28(35)32-25(26(37-21(4)33)18-29(32)38-22(5)34)16-24(17-27(31)32)39-30(36)23-11-9-8-10-12-23/h7-13,16,20,24,26-29,35H,1,14-15,17-18H2,2-6H3/b19-13+/t20-,24+,26+,27+,28+,29+,31-,32-/m0/s1. The van der Waals surface area contributed by atoms with Crippen LogP contribution in [0.3, 0.4) is 0 Å². The Morgan fingerprint density at radius 3 is 2.31 bits per heavy atom. The van der Waals surface area contributed by atoms with Gasteiger partial charge in [-0.1, -0.05) is 56.4 Å². The second-order valence-corrected chi connectivity index (χ2v) is 11.6. The van der Waals surface area contributed by atoms with Gasteiger partial charge in [-0.05, 0) is 67.2 Å². The number of rotatable bonds is 7. The van der Waals surface area contributed by atoms with Crippen LogP contribution >= 0.6 is 0 Å². The lowest BCUT2D eigenvalue weighted by atomic mass is 9.45. The summed E-state index contributed by atoms with van der Waals surface area (Å²) in [6.07, 6.45) is 4.82. The van der Waals surface area contributed by atoms with Crippen LogP contribution in [0.5, 0.6) is 0 Å². The molecule has 210 valence electrons. The van der Waals surface area contributed by atoms with Crippen molar-refractivity contribution < 1.29 is 33.7 Å². The maximum atomic E-state index is 13.1. The van der Waals surface area contributed by atoms with Gasteiger partial charge in [0, 0.05) is 20.3 Å². The second kappa shape index (κ2) is 11.1. The van der Waals surface area contributed by atoms with Crippen LogP contribution in [0, 0.1) is 22.7 Å². The molecule has 0 amide bonds. The van der Waals surface area contributed by atoms with E-state index in [0.29, 0.717) is 30.4 Å². The molecule has 2 fully saturated rings. The number of aliphatic hydroxyl groups is 1. The summed E-state index contributed by atoms with van der Waals surface area (Å²) in [5.41, 5.74) is 0.838. The molecule has 0 unspecified atom stereocenters. The Morgan fingerprint density at radius 1 is 1.03 bits per heavy atom. The highest BCUT2D eigenvalue weighted by Crippen LogP contribution is 2.67. The molecule has 7 heteroatoms. The lowest BCUT2D eigenvalue weighted by molar-refractivity contribution is -0.190. The smallest absolute Gasteiger partial charge is 0.338 e. The third-order valence-corrected chi connectivity index (χ3v) is 9.34. The van der Waals surface area contributed by atoms with E-state index in [4.69, 9.17) is 14.2 Å². The summed E-state index contributed by atoms with van der Waals surface area (Å²) >= 11 is 0. The van der Waals surface area contributed by atoms with E-state index in [-0.39, 0.29) is 23.7 Å². The van der Waals surface area contributed by atoms with Crippen molar-refractivity contribution in [3.8, 4) is 0 Å². The van der Waals surface area contributed by atoms with Gasteiger partial charge in [-0.25, -0.2) is 4.79 Å². The molecule has 3 aliphatic rings. The lowest BCUT2D eigenvalue weighted by Gasteiger charge is -2.61. The second-order valence-electron chi connectivity index (χ2n) is 11.6. The molecule has 0 aromatic heterocycles. The van der Waals surface area contributed by atoms with Gasteiger partial charge in [-0.2, -0.15) is 0 Å². The van der Waals surface area contributed by atoms with Crippen molar-refractivity contribution in [3.05, 3.63) is 71.8 Å². The van der Waals surface area contributed by atoms with Gasteiger partial charge in [0.05, 0.1) is 17.1 Å². The molecule has 0 bridgehead atoms. The average Bonchev–Trinajstić information content (AvgIpc) is 3.18. The van der Waals surface area contributed by atoms with Crippen molar-refractivity contribution in [1.82, 2.24) is 0 Å². The monoisotopic (exact) mass is 536 g/mol. The normalized spacial score (nSPS) is 35.6. The molecular weight excluding hydrogens is 496 g/mol. The predicted molar refractivity (Wildman–Crippen MR) is 146 cm³/mol. The number of hydrogen-bond donors (Lipinski definition) is 1. The molecule has 1 spiro atoms. The van der Waals surface area contributed by atoms with Crippen LogP contribution in [0.25, 0.3) is 0 Å². The largest absolute Gasteiger partial charge is 0.461 e. The van der Waals surface area contributed by atoms with Crippen molar-refractivity contribution in [3.63, 3.8) is 0 Å². The minimum absolute atomic E-state index is 0.104. The zero-order chi connectivity index (χ0) is 28.5. The number of benzene rings is 1. The highest BCUT2D eigenvalue weighted by atomic mass is 16.6. The Morgan fingerprint density at radius 2 is 1.69 bits per heavy atom. The maximum Gasteiger partial charge on any atom is 0.338 e. The quantitative estimate of drug-likeness (QED) is 0.217. The fourth-order valence-corrected chi connectivity index (χ4v) is 7.28. The van der Waals surface area contributed by atoms with E-state index < -0.39 is 47.7 Å². The van der Waals surface area contributed by atoms with Crippen molar-refractivity contribution in [1.29, 1.82) is 0 Å². The van der Waals surface area contributed by atoms with Gasteiger partial charge in [0.25, 0.3) is 0 Å². The summed E-state index contributed by atoms with van der Waals surface area (Å²) in [4.78, 5) is 37.6. The van der Waals surface area contributed by atoms with E-state index >= 15 is 0 Å². The molecular formula is C32H40O7. The van der Waals surface area contributed by atoms with Gasteiger partial charge in [0.1, 0.15) is 18.3 Å². The van der Waals surface area contributed by atoms with Crippen molar-refractivity contribution in [2.24, 2.45) is 22.7 Å². The molecule has 3 aliphatic carbocycles. The first-order valence-electron chi connectivity index (χ1n) is 13.7. The Hall–Kier alpha value is -3.19. The van der Waals surface area contributed by atoms with E-state index in [9.17, 15) is 19.5 Å². The van der Waals surface area contributed by atoms with Crippen LogP contribution in [-0.4, -0.2) is 47.4 Å². The summed E-state index contributed by atoms with van der Waals surface area (Å²) in [7, 11) is 0.